The van der Waals surface area contributed by atoms with E-state index in [9.17, 15) is 13.2 Å². The molecule has 3 aromatic rings. The second kappa shape index (κ2) is 11.8. The van der Waals surface area contributed by atoms with Crippen LogP contribution in [0.3, 0.4) is 0 Å². The number of hydrogen-bond donors (Lipinski definition) is 2. The van der Waals surface area contributed by atoms with Gasteiger partial charge in [-0.1, -0.05) is 24.3 Å². The summed E-state index contributed by atoms with van der Waals surface area (Å²) in [5.41, 5.74) is 1.03. The zero-order valence-electron chi connectivity index (χ0n) is 18.9. The van der Waals surface area contributed by atoms with Gasteiger partial charge < -0.3 is 19.5 Å². The quantitative estimate of drug-likeness (QED) is 0.319. The summed E-state index contributed by atoms with van der Waals surface area (Å²) in [4.78, 5) is 12.1. The summed E-state index contributed by atoms with van der Waals surface area (Å²) in [6.45, 7) is 0.651. The van der Waals surface area contributed by atoms with Crippen LogP contribution in [0, 0.1) is 0 Å². The van der Waals surface area contributed by atoms with E-state index in [1.807, 2.05) is 0 Å². The minimum absolute atomic E-state index is 0.0932. The van der Waals surface area contributed by atoms with Crippen molar-refractivity contribution in [2.24, 2.45) is 0 Å². The maximum absolute atomic E-state index is 12.7. The Labute approximate surface area is 199 Å². The largest absolute Gasteiger partial charge is 0.497 e. The van der Waals surface area contributed by atoms with E-state index in [0.29, 0.717) is 35.9 Å². The molecule has 0 saturated carbocycles. The van der Waals surface area contributed by atoms with Gasteiger partial charge in [-0.3, -0.25) is 9.52 Å². The maximum Gasteiger partial charge on any atom is 0.262 e. The van der Waals surface area contributed by atoms with Gasteiger partial charge in [0.25, 0.3) is 10.0 Å². The number of anilines is 1. The Hall–Kier alpha value is -3.98. The van der Waals surface area contributed by atoms with Crippen molar-refractivity contribution >= 4 is 27.7 Å². The molecule has 0 unspecified atom stereocenters. The summed E-state index contributed by atoms with van der Waals surface area (Å²) in [6.07, 6.45) is 2.98. The van der Waals surface area contributed by atoms with Crippen molar-refractivity contribution in [2.45, 2.75) is 4.90 Å². The normalized spacial score (nSPS) is 11.1. The van der Waals surface area contributed by atoms with Crippen molar-refractivity contribution in [3.05, 3.63) is 84.4 Å². The molecule has 0 aliphatic rings. The molecule has 0 aromatic heterocycles. The summed E-state index contributed by atoms with van der Waals surface area (Å²) >= 11 is 0. The first kappa shape index (κ1) is 24.7. The number of sulfonamides is 1. The van der Waals surface area contributed by atoms with Crippen LogP contribution in [0.2, 0.25) is 0 Å². The number of carbonyl (C=O) groups is 1. The number of benzene rings is 3. The highest BCUT2D eigenvalue weighted by Gasteiger charge is 2.16. The Morgan fingerprint density at radius 3 is 2.24 bits per heavy atom. The highest BCUT2D eigenvalue weighted by molar-refractivity contribution is 7.92. The fraction of sp³-hybridized carbons (Fsp3) is 0.160. The fourth-order valence-corrected chi connectivity index (χ4v) is 4.01. The molecule has 1 amide bonds. The molecule has 0 radical (unpaired) electrons. The number of ether oxygens (including phenoxy) is 3. The van der Waals surface area contributed by atoms with Gasteiger partial charge in [0.05, 0.1) is 31.3 Å². The molecule has 178 valence electrons. The standard InChI is InChI=1S/C25H26N2O6S/c1-31-20-10-12-21(13-11-20)33-18-17-26-25(28)16-9-19-7-14-22(15-8-19)34(29,30)27-23-5-3-4-6-24(23)32-2/h3-16,27H,17-18H2,1-2H3,(H,26,28)/b16-9+. The number of methoxy groups -OCH3 is 2. The molecule has 0 bridgehead atoms. The van der Waals surface area contributed by atoms with E-state index in [2.05, 4.69) is 10.0 Å². The van der Waals surface area contributed by atoms with Crippen LogP contribution in [-0.2, 0) is 14.8 Å². The Kier molecular flexibility index (Phi) is 8.53. The Bertz CT molecular complexity index is 1220. The van der Waals surface area contributed by atoms with Crippen molar-refractivity contribution in [2.75, 3.05) is 32.1 Å². The molecule has 3 rings (SSSR count). The van der Waals surface area contributed by atoms with Crippen LogP contribution in [0.1, 0.15) is 5.56 Å². The predicted molar refractivity (Wildman–Crippen MR) is 131 cm³/mol. The van der Waals surface area contributed by atoms with E-state index in [-0.39, 0.29) is 10.8 Å². The lowest BCUT2D eigenvalue weighted by Gasteiger charge is -2.11. The topological polar surface area (TPSA) is 103 Å². The number of carbonyl (C=O) groups excluding carboxylic acids is 1. The van der Waals surface area contributed by atoms with Crippen LogP contribution in [0.5, 0.6) is 17.2 Å². The monoisotopic (exact) mass is 482 g/mol. The van der Waals surface area contributed by atoms with E-state index in [0.717, 1.165) is 5.75 Å². The van der Waals surface area contributed by atoms with Gasteiger partial charge in [0.1, 0.15) is 23.9 Å². The molecule has 0 fully saturated rings. The highest BCUT2D eigenvalue weighted by Crippen LogP contribution is 2.26. The third-order valence-corrected chi connectivity index (χ3v) is 6.08. The van der Waals surface area contributed by atoms with Gasteiger partial charge in [-0.15, -0.1) is 0 Å². The van der Waals surface area contributed by atoms with E-state index in [1.165, 1.54) is 25.3 Å². The van der Waals surface area contributed by atoms with Crippen molar-refractivity contribution in [1.82, 2.24) is 5.32 Å². The Morgan fingerprint density at radius 1 is 0.882 bits per heavy atom. The van der Waals surface area contributed by atoms with Crippen molar-refractivity contribution in [3.63, 3.8) is 0 Å². The zero-order valence-corrected chi connectivity index (χ0v) is 19.7. The maximum atomic E-state index is 12.7. The molecular formula is C25H26N2O6S. The first-order chi connectivity index (χ1) is 16.4. The van der Waals surface area contributed by atoms with Gasteiger partial charge in [0.15, 0.2) is 0 Å². The van der Waals surface area contributed by atoms with Crippen LogP contribution >= 0.6 is 0 Å². The highest BCUT2D eigenvalue weighted by atomic mass is 32.2. The molecular weight excluding hydrogens is 456 g/mol. The lowest BCUT2D eigenvalue weighted by atomic mass is 10.2. The Morgan fingerprint density at radius 2 is 1.56 bits per heavy atom. The molecule has 0 heterocycles. The molecule has 3 aromatic carbocycles. The Balaban J connectivity index is 1.49. The van der Waals surface area contributed by atoms with Crippen LogP contribution in [-0.4, -0.2) is 41.7 Å². The van der Waals surface area contributed by atoms with Crippen LogP contribution in [0.15, 0.2) is 83.8 Å². The smallest absolute Gasteiger partial charge is 0.262 e. The molecule has 0 spiro atoms. The lowest BCUT2D eigenvalue weighted by Crippen LogP contribution is -2.26. The summed E-state index contributed by atoms with van der Waals surface area (Å²) in [5, 5.41) is 2.73. The summed E-state index contributed by atoms with van der Waals surface area (Å²) < 4.78 is 43.7. The summed E-state index contributed by atoms with van der Waals surface area (Å²) in [6, 6.07) is 20.1. The first-order valence-corrected chi connectivity index (χ1v) is 11.9. The van der Waals surface area contributed by atoms with Crippen LogP contribution < -0.4 is 24.2 Å². The number of hydrogen-bond acceptors (Lipinski definition) is 6. The SMILES string of the molecule is COc1ccc(OCCNC(=O)/C=C/c2ccc(S(=O)(=O)Nc3ccccc3OC)cc2)cc1. The number of amides is 1. The molecule has 0 atom stereocenters. The van der Waals surface area contributed by atoms with E-state index >= 15 is 0 Å². The molecule has 34 heavy (non-hydrogen) atoms. The minimum atomic E-state index is -3.79. The predicted octanol–water partition coefficient (Wildman–Crippen LogP) is 3.71. The van der Waals surface area contributed by atoms with Gasteiger partial charge in [-0.05, 0) is 60.2 Å². The average molecular weight is 483 g/mol. The summed E-state index contributed by atoms with van der Waals surface area (Å²) in [5.74, 6) is 1.56. The first-order valence-electron chi connectivity index (χ1n) is 10.4. The fourth-order valence-electron chi connectivity index (χ4n) is 2.94. The number of rotatable bonds is 11. The zero-order chi connectivity index (χ0) is 24.4. The van der Waals surface area contributed by atoms with E-state index in [4.69, 9.17) is 14.2 Å². The van der Waals surface area contributed by atoms with Gasteiger partial charge in [-0.25, -0.2) is 8.42 Å². The molecule has 2 N–H and O–H groups in total. The van der Waals surface area contributed by atoms with Gasteiger partial charge >= 0.3 is 0 Å². The van der Waals surface area contributed by atoms with E-state index < -0.39 is 10.0 Å². The van der Waals surface area contributed by atoms with Crippen molar-refractivity contribution in [3.8, 4) is 17.2 Å². The summed E-state index contributed by atoms with van der Waals surface area (Å²) in [7, 11) is -0.726. The van der Waals surface area contributed by atoms with Gasteiger partial charge in [-0.2, -0.15) is 0 Å². The van der Waals surface area contributed by atoms with E-state index in [1.54, 1.807) is 73.8 Å². The second-order valence-corrected chi connectivity index (χ2v) is 8.71. The van der Waals surface area contributed by atoms with Gasteiger partial charge in [0.2, 0.25) is 5.91 Å². The molecule has 8 nitrogen and oxygen atoms in total. The van der Waals surface area contributed by atoms with Crippen molar-refractivity contribution < 1.29 is 27.4 Å². The van der Waals surface area contributed by atoms with Crippen LogP contribution in [0.4, 0.5) is 5.69 Å². The third-order valence-electron chi connectivity index (χ3n) is 4.70. The number of nitrogens with one attached hydrogen (secondary N) is 2. The lowest BCUT2D eigenvalue weighted by molar-refractivity contribution is -0.116. The van der Waals surface area contributed by atoms with Crippen molar-refractivity contribution in [1.29, 1.82) is 0 Å². The average Bonchev–Trinajstić information content (AvgIpc) is 2.86. The molecule has 9 heteroatoms. The number of para-hydroxylation sites is 2. The second-order valence-electron chi connectivity index (χ2n) is 7.02. The minimum Gasteiger partial charge on any atom is -0.497 e. The van der Waals surface area contributed by atoms with Gasteiger partial charge in [0, 0.05) is 6.08 Å². The van der Waals surface area contributed by atoms with Crippen LogP contribution in [0.25, 0.3) is 6.08 Å². The molecule has 0 saturated heterocycles. The third kappa shape index (κ3) is 7.01. The molecule has 0 aliphatic carbocycles. The molecule has 0 aliphatic heterocycles.